The van der Waals surface area contributed by atoms with Crippen molar-refractivity contribution in [3.8, 4) is 0 Å². The summed E-state index contributed by atoms with van der Waals surface area (Å²) in [6.07, 6.45) is -2.84. The monoisotopic (exact) mass is 311 g/mol. The Morgan fingerprint density at radius 3 is 2.53 bits per heavy atom. The molecule has 1 heterocycles. The smallest absolute Gasteiger partial charge is 0.317 e. The van der Waals surface area contributed by atoms with Gasteiger partial charge in [-0.1, -0.05) is 0 Å². The van der Waals surface area contributed by atoms with Gasteiger partial charge in [0.2, 0.25) is 0 Å². The lowest BCUT2D eigenvalue weighted by Crippen LogP contribution is -2.69. The largest absolute Gasteiger partial charge is 0.454 e. The molecule has 2 rings (SSSR count). The molecule has 0 aromatic carbocycles. The van der Waals surface area contributed by atoms with Crippen molar-refractivity contribution in [3.05, 3.63) is 0 Å². The van der Waals surface area contributed by atoms with Crippen LogP contribution >= 0.6 is 23.2 Å². The third kappa shape index (κ3) is 2.15. The van der Waals surface area contributed by atoms with Gasteiger partial charge < -0.3 is 20.7 Å². The predicted octanol–water partition coefficient (Wildman–Crippen LogP) is -0.640. The first-order chi connectivity index (χ1) is 8.70. The highest BCUT2D eigenvalue weighted by Gasteiger charge is 2.60. The number of aliphatic hydroxyl groups is 2. The van der Waals surface area contributed by atoms with E-state index in [2.05, 4.69) is 0 Å². The van der Waals surface area contributed by atoms with Gasteiger partial charge in [-0.2, -0.15) is 0 Å². The van der Waals surface area contributed by atoms with Gasteiger partial charge in [0.15, 0.2) is 5.60 Å². The van der Waals surface area contributed by atoms with E-state index in [-0.39, 0.29) is 6.42 Å². The fourth-order valence-electron chi connectivity index (χ4n) is 2.75. The maximum Gasteiger partial charge on any atom is 0.317 e. The Labute approximate surface area is 119 Å². The molecule has 0 spiro atoms. The minimum absolute atomic E-state index is 0.300. The molecule has 8 heteroatoms. The SMILES string of the molecule is C[C@]1(C(Cl)Cl)OC(=O)C2C(=O)C[C@@H](O)[C@H](O)[C@H]2[C@H]1N. The Morgan fingerprint density at radius 2 is 2.00 bits per heavy atom. The van der Waals surface area contributed by atoms with E-state index in [1.807, 2.05) is 0 Å². The van der Waals surface area contributed by atoms with Crippen LogP contribution in [-0.4, -0.2) is 50.7 Å². The molecule has 6 atom stereocenters. The third-order valence-corrected chi connectivity index (χ3v) is 4.88. The molecule has 108 valence electrons. The standard InChI is InChI=1S/C11H15Cl2NO5/c1-11(10(12)13)8(14)6-5(9(18)19-11)3(15)2-4(16)7(6)17/h4-8,10,16-17H,2,14H2,1H3/t4-,5?,6+,7+,8-,11+/m1/s1. The number of Topliss-reactive ketones (excluding diaryl/α,β-unsaturated/α-hetero) is 1. The third-order valence-electron chi connectivity index (χ3n) is 4.01. The van der Waals surface area contributed by atoms with Crippen LogP contribution in [0.25, 0.3) is 0 Å². The first-order valence-electron chi connectivity index (χ1n) is 5.85. The van der Waals surface area contributed by atoms with Crippen LogP contribution < -0.4 is 5.73 Å². The number of halogens is 2. The number of carbonyl (C=O) groups is 2. The molecule has 2 aliphatic rings. The highest BCUT2D eigenvalue weighted by molar-refractivity contribution is 6.45. The molecule has 0 amide bonds. The van der Waals surface area contributed by atoms with Crippen molar-refractivity contribution in [2.24, 2.45) is 17.6 Å². The Bertz CT molecular complexity index is 418. The second-order valence-corrected chi connectivity index (χ2v) is 6.31. The number of esters is 1. The van der Waals surface area contributed by atoms with Crippen molar-refractivity contribution in [2.75, 3.05) is 0 Å². The van der Waals surface area contributed by atoms with Gasteiger partial charge in [-0.05, 0) is 6.92 Å². The van der Waals surface area contributed by atoms with E-state index in [4.69, 9.17) is 33.7 Å². The van der Waals surface area contributed by atoms with Crippen molar-refractivity contribution in [1.29, 1.82) is 0 Å². The number of aliphatic hydroxyl groups excluding tert-OH is 2. The summed E-state index contributed by atoms with van der Waals surface area (Å²) in [7, 11) is 0. The Balaban J connectivity index is 2.42. The molecule has 1 saturated carbocycles. The number of fused-ring (bicyclic) bond motifs is 1. The summed E-state index contributed by atoms with van der Waals surface area (Å²) in [5, 5.41) is 19.7. The van der Waals surface area contributed by atoms with Gasteiger partial charge in [-0.25, -0.2) is 0 Å². The van der Waals surface area contributed by atoms with Crippen LogP contribution in [0.15, 0.2) is 0 Å². The van der Waals surface area contributed by atoms with E-state index >= 15 is 0 Å². The average molecular weight is 312 g/mol. The number of nitrogens with two attached hydrogens (primary N) is 1. The Hall–Kier alpha value is -0.400. The topological polar surface area (TPSA) is 110 Å². The summed E-state index contributed by atoms with van der Waals surface area (Å²) < 4.78 is 5.13. The Morgan fingerprint density at radius 1 is 1.42 bits per heavy atom. The van der Waals surface area contributed by atoms with Crippen LogP contribution in [0.2, 0.25) is 0 Å². The van der Waals surface area contributed by atoms with Crippen molar-refractivity contribution in [3.63, 3.8) is 0 Å². The molecule has 1 aliphatic carbocycles. The van der Waals surface area contributed by atoms with Crippen LogP contribution in [-0.2, 0) is 14.3 Å². The van der Waals surface area contributed by atoms with Crippen molar-refractivity contribution >= 4 is 35.0 Å². The highest BCUT2D eigenvalue weighted by atomic mass is 35.5. The van der Waals surface area contributed by atoms with Crippen LogP contribution in [0.1, 0.15) is 13.3 Å². The quantitative estimate of drug-likeness (QED) is 0.337. The number of alkyl halides is 2. The van der Waals surface area contributed by atoms with Gasteiger partial charge >= 0.3 is 5.97 Å². The van der Waals surface area contributed by atoms with Gasteiger partial charge in [0.05, 0.1) is 18.2 Å². The molecule has 1 unspecified atom stereocenters. The van der Waals surface area contributed by atoms with Crippen molar-refractivity contribution in [1.82, 2.24) is 0 Å². The summed E-state index contributed by atoms with van der Waals surface area (Å²) in [6, 6.07) is -0.955. The molecule has 2 fully saturated rings. The minimum Gasteiger partial charge on any atom is -0.454 e. The lowest BCUT2D eigenvalue weighted by molar-refractivity contribution is -0.197. The highest BCUT2D eigenvalue weighted by Crippen LogP contribution is 2.43. The lowest BCUT2D eigenvalue weighted by Gasteiger charge is -2.50. The summed E-state index contributed by atoms with van der Waals surface area (Å²) >= 11 is 11.6. The van der Waals surface area contributed by atoms with E-state index < -0.39 is 52.3 Å². The maximum absolute atomic E-state index is 11.9. The first-order valence-corrected chi connectivity index (χ1v) is 6.73. The Kier molecular flexibility index (Phi) is 3.83. The van der Waals surface area contributed by atoms with E-state index in [1.165, 1.54) is 6.92 Å². The zero-order valence-corrected chi connectivity index (χ0v) is 11.6. The van der Waals surface area contributed by atoms with E-state index in [1.54, 1.807) is 0 Å². The summed E-state index contributed by atoms with van der Waals surface area (Å²) in [5.74, 6) is -3.43. The van der Waals surface area contributed by atoms with Crippen LogP contribution in [0.5, 0.6) is 0 Å². The van der Waals surface area contributed by atoms with Gasteiger partial charge in [-0.3, -0.25) is 9.59 Å². The molecule has 0 bridgehead atoms. The number of rotatable bonds is 1. The number of carbonyl (C=O) groups excluding carboxylic acids is 2. The van der Waals surface area contributed by atoms with Crippen LogP contribution in [0, 0.1) is 11.8 Å². The van der Waals surface area contributed by atoms with E-state index in [9.17, 15) is 19.8 Å². The summed E-state index contributed by atoms with van der Waals surface area (Å²) in [6.45, 7) is 1.44. The zero-order chi connectivity index (χ0) is 14.5. The fraction of sp³-hybridized carbons (Fsp3) is 0.818. The van der Waals surface area contributed by atoms with Gasteiger partial charge in [-0.15, -0.1) is 23.2 Å². The molecule has 1 aliphatic heterocycles. The van der Waals surface area contributed by atoms with Crippen molar-refractivity contribution in [2.45, 2.75) is 42.0 Å². The molecule has 6 nitrogen and oxygen atoms in total. The van der Waals surface area contributed by atoms with Crippen molar-refractivity contribution < 1.29 is 24.5 Å². The number of ether oxygens (including phenoxy) is 1. The molecular weight excluding hydrogens is 297 g/mol. The number of hydrogen-bond acceptors (Lipinski definition) is 6. The van der Waals surface area contributed by atoms with E-state index in [0.717, 1.165) is 0 Å². The van der Waals surface area contributed by atoms with Gasteiger partial charge in [0.25, 0.3) is 0 Å². The maximum atomic E-state index is 11.9. The molecular formula is C11H15Cl2NO5. The molecule has 0 aromatic rings. The lowest BCUT2D eigenvalue weighted by atomic mass is 9.66. The molecule has 0 aromatic heterocycles. The number of hydrogen-bond donors (Lipinski definition) is 3. The zero-order valence-electron chi connectivity index (χ0n) is 10.1. The van der Waals surface area contributed by atoms with Gasteiger partial charge in [0, 0.05) is 12.3 Å². The van der Waals surface area contributed by atoms with Gasteiger partial charge in [0.1, 0.15) is 16.5 Å². The van der Waals surface area contributed by atoms with E-state index in [0.29, 0.717) is 0 Å². The summed E-state index contributed by atoms with van der Waals surface area (Å²) in [4.78, 5) is 22.7. The summed E-state index contributed by atoms with van der Waals surface area (Å²) in [5.41, 5.74) is 4.56. The normalized spacial score (nSPS) is 47.0. The number of cyclic esters (lactones) is 1. The van der Waals surface area contributed by atoms with Crippen LogP contribution in [0.3, 0.4) is 0 Å². The fourth-order valence-corrected chi connectivity index (χ4v) is 3.13. The second kappa shape index (κ2) is 4.86. The van der Waals surface area contributed by atoms with Crippen LogP contribution in [0.4, 0.5) is 0 Å². The molecule has 1 saturated heterocycles. The molecule has 19 heavy (non-hydrogen) atoms. The minimum atomic E-state index is -1.42. The number of ketones is 1. The first kappa shape index (κ1) is 15.0. The second-order valence-electron chi connectivity index (χ2n) is 5.21. The predicted molar refractivity (Wildman–Crippen MR) is 66.6 cm³/mol. The average Bonchev–Trinajstić information content (AvgIpc) is 2.30. The molecule has 4 N–H and O–H groups in total. The molecule has 0 radical (unpaired) electrons.